The van der Waals surface area contributed by atoms with Gasteiger partial charge in [0.05, 0.1) is 12.7 Å². The van der Waals surface area contributed by atoms with Gasteiger partial charge in [-0.3, -0.25) is 0 Å². The summed E-state index contributed by atoms with van der Waals surface area (Å²) in [6.07, 6.45) is 1.08. The normalized spacial score (nSPS) is 22.8. The molecule has 1 fully saturated rings. The van der Waals surface area contributed by atoms with Gasteiger partial charge in [-0.05, 0) is 30.4 Å². The van der Waals surface area contributed by atoms with Crippen LogP contribution in [0, 0.1) is 5.82 Å². The van der Waals surface area contributed by atoms with Crippen molar-refractivity contribution in [2.45, 2.75) is 24.6 Å². The Bertz CT molecular complexity index is 453. The number of methoxy groups -OCH3 is 1. The fourth-order valence-corrected chi connectivity index (χ4v) is 3.22. The molecule has 2 unspecified atom stereocenters. The van der Waals surface area contributed by atoms with Gasteiger partial charge in [-0.1, -0.05) is 6.92 Å². The number of benzene rings is 1. The largest absolute Gasteiger partial charge is 0.465 e. The highest BCUT2D eigenvalue weighted by Gasteiger charge is 2.24. The summed E-state index contributed by atoms with van der Waals surface area (Å²) in [4.78, 5) is 11.4. The highest BCUT2D eigenvalue weighted by Crippen LogP contribution is 2.29. The Balaban J connectivity index is 2.16. The molecule has 0 radical (unpaired) electrons. The minimum Gasteiger partial charge on any atom is -0.465 e. The molecule has 5 heteroatoms. The van der Waals surface area contributed by atoms with E-state index in [9.17, 15) is 9.18 Å². The van der Waals surface area contributed by atoms with Crippen LogP contribution in [-0.4, -0.2) is 30.1 Å². The number of nitrogens with one attached hydrogen (secondary N) is 1. The van der Waals surface area contributed by atoms with Crippen molar-refractivity contribution in [2.24, 2.45) is 0 Å². The van der Waals surface area contributed by atoms with E-state index in [1.807, 2.05) is 11.8 Å². The Kier molecular flexibility index (Phi) is 4.11. The van der Waals surface area contributed by atoms with E-state index in [1.165, 1.54) is 19.2 Å². The highest BCUT2D eigenvalue weighted by atomic mass is 32.2. The van der Waals surface area contributed by atoms with E-state index in [4.69, 9.17) is 0 Å². The van der Waals surface area contributed by atoms with Gasteiger partial charge in [0.2, 0.25) is 0 Å². The Morgan fingerprint density at radius 3 is 2.94 bits per heavy atom. The summed E-state index contributed by atoms with van der Waals surface area (Å²) in [7, 11) is 1.25. The third-order valence-corrected chi connectivity index (χ3v) is 4.43. The molecule has 18 heavy (non-hydrogen) atoms. The molecular weight excluding hydrogens is 253 g/mol. The predicted molar refractivity (Wildman–Crippen MR) is 71.7 cm³/mol. The monoisotopic (exact) mass is 269 g/mol. The van der Waals surface area contributed by atoms with Crippen LogP contribution in [-0.2, 0) is 4.74 Å². The molecule has 0 amide bonds. The zero-order chi connectivity index (χ0) is 13.1. The summed E-state index contributed by atoms with van der Waals surface area (Å²) in [5.74, 6) is -0.0737. The number of anilines is 1. The minimum absolute atomic E-state index is 0.0270. The lowest BCUT2D eigenvalue weighted by atomic mass is 10.1. The maximum atomic E-state index is 13.5. The lowest BCUT2D eigenvalue weighted by Crippen LogP contribution is -2.24. The Morgan fingerprint density at radius 2 is 2.33 bits per heavy atom. The van der Waals surface area contributed by atoms with Crippen molar-refractivity contribution in [3.05, 3.63) is 29.6 Å². The molecule has 2 atom stereocenters. The van der Waals surface area contributed by atoms with Crippen molar-refractivity contribution in [1.82, 2.24) is 0 Å². The molecule has 98 valence electrons. The van der Waals surface area contributed by atoms with Crippen LogP contribution in [0.4, 0.5) is 10.1 Å². The van der Waals surface area contributed by atoms with Crippen molar-refractivity contribution < 1.29 is 13.9 Å². The zero-order valence-electron chi connectivity index (χ0n) is 10.4. The number of halogens is 1. The standard InChI is InChI=1S/C13H16FNO2S/c1-8-12(5-6-18-8)15-9-3-4-11(14)10(7-9)13(16)17-2/h3-4,7-8,12,15H,5-6H2,1-2H3. The molecule has 1 aliphatic rings. The van der Waals surface area contributed by atoms with Gasteiger partial charge in [0, 0.05) is 17.0 Å². The van der Waals surface area contributed by atoms with Crippen molar-refractivity contribution >= 4 is 23.4 Å². The minimum atomic E-state index is -0.648. The molecule has 2 rings (SSSR count). The van der Waals surface area contributed by atoms with Crippen LogP contribution in [0.2, 0.25) is 0 Å². The Morgan fingerprint density at radius 1 is 1.56 bits per heavy atom. The van der Waals surface area contributed by atoms with E-state index in [0.717, 1.165) is 17.9 Å². The molecule has 1 aromatic rings. The first-order chi connectivity index (χ1) is 8.61. The Hall–Kier alpha value is -1.23. The highest BCUT2D eigenvalue weighted by molar-refractivity contribution is 8.00. The number of esters is 1. The lowest BCUT2D eigenvalue weighted by Gasteiger charge is -2.18. The van der Waals surface area contributed by atoms with E-state index < -0.39 is 11.8 Å². The van der Waals surface area contributed by atoms with Crippen LogP contribution in [0.25, 0.3) is 0 Å². The maximum absolute atomic E-state index is 13.5. The quantitative estimate of drug-likeness (QED) is 0.856. The van der Waals surface area contributed by atoms with Gasteiger partial charge < -0.3 is 10.1 Å². The van der Waals surface area contributed by atoms with Crippen LogP contribution in [0.1, 0.15) is 23.7 Å². The van der Waals surface area contributed by atoms with E-state index >= 15 is 0 Å². The molecule has 0 bridgehead atoms. The number of hydrogen-bond donors (Lipinski definition) is 1. The number of hydrogen-bond acceptors (Lipinski definition) is 4. The molecular formula is C13H16FNO2S. The van der Waals surface area contributed by atoms with Gasteiger partial charge in [-0.25, -0.2) is 9.18 Å². The van der Waals surface area contributed by atoms with Crippen LogP contribution >= 0.6 is 11.8 Å². The molecule has 1 saturated heterocycles. The summed E-state index contributed by atoms with van der Waals surface area (Å²) in [5, 5.41) is 3.87. The van der Waals surface area contributed by atoms with Crippen molar-refractivity contribution in [2.75, 3.05) is 18.2 Å². The molecule has 1 aromatic carbocycles. The van der Waals surface area contributed by atoms with Crippen molar-refractivity contribution in [1.29, 1.82) is 0 Å². The third-order valence-electron chi connectivity index (χ3n) is 3.10. The van der Waals surface area contributed by atoms with E-state index in [0.29, 0.717) is 11.3 Å². The first kappa shape index (κ1) is 13.2. The Labute approximate surface area is 110 Å². The van der Waals surface area contributed by atoms with E-state index in [2.05, 4.69) is 17.0 Å². The maximum Gasteiger partial charge on any atom is 0.340 e. The second kappa shape index (κ2) is 5.61. The summed E-state index contributed by atoms with van der Waals surface area (Å²) < 4.78 is 18.0. The van der Waals surface area contributed by atoms with E-state index in [1.54, 1.807) is 6.07 Å². The molecule has 1 aliphatic heterocycles. The first-order valence-corrected chi connectivity index (χ1v) is 6.92. The number of rotatable bonds is 3. The molecule has 1 heterocycles. The average molecular weight is 269 g/mol. The predicted octanol–water partition coefficient (Wildman–Crippen LogP) is 2.92. The van der Waals surface area contributed by atoms with Gasteiger partial charge in [-0.2, -0.15) is 11.8 Å². The van der Waals surface area contributed by atoms with Gasteiger partial charge in [0.25, 0.3) is 0 Å². The zero-order valence-corrected chi connectivity index (χ0v) is 11.2. The van der Waals surface area contributed by atoms with Crippen molar-refractivity contribution in [3.63, 3.8) is 0 Å². The number of ether oxygens (including phenoxy) is 1. The summed E-state index contributed by atoms with van der Waals surface area (Å²) in [5.41, 5.74) is 0.733. The van der Waals surface area contributed by atoms with Crippen LogP contribution in [0.15, 0.2) is 18.2 Å². The third kappa shape index (κ3) is 2.77. The SMILES string of the molecule is COC(=O)c1cc(NC2CCSC2C)ccc1F. The number of carbonyl (C=O) groups is 1. The van der Waals surface area contributed by atoms with Gasteiger partial charge in [0.15, 0.2) is 0 Å². The van der Waals surface area contributed by atoms with Crippen LogP contribution in [0.3, 0.4) is 0 Å². The van der Waals surface area contributed by atoms with Gasteiger partial charge >= 0.3 is 5.97 Å². The topological polar surface area (TPSA) is 38.3 Å². The van der Waals surface area contributed by atoms with Crippen LogP contribution < -0.4 is 5.32 Å². The van der Waals surface area contributed by atoms with Crippen molar-refractivity contribution in [3.8, 4) is 0 Å². The molecule has 3 nitrogen and oxygen atoms in total. The molecule has 1 N–H and O–H groups in total. The summed E-state index contributed by atoms with van der Waals surface area (Å²) in [6, 6.07) is 4.82. The summed E-state index contributed by atoms with van der Waals surface area (Å²) >= 11 is 1.91. The van der Waals surface area contributed by atoms with E-state index in [-0.39, 0.29) is 5.56 Å². The summed E-state index contributed by atoms with van der Waals surface area (Å²) in [6.45, 7) is 2.17. The van der Waals surface area contributed by atoms with Gasteiger partial charge in [0.1, 0.15) is 5.82 Å². The second-order valence-electron chi connectivity index (χ2n) is 4.30. The number of carbonyl (C=O) groups excluding carboxylic acids is 1. The first-order valence-electron chi connectivity index (χ1n) is 5.88. The average Bonchev–Trinajstić information content (AvgIpc) is 2.76. The molecule has 0 aromatic heterocycles. The fourth-order valence-electron chi connectivity index (χ4n) is 2.02. The molecule has 0 spiro atoms. The molecule has 0 saturated carbocycles. The second-order valence-corrected chi connectivity index (χ2v) is 5.79. The van der Waals surface area contributed by atoms with Gasteiger partial charge in [-0.15, -0.1) is 0 Å². The molecule has 0 aliphatic carbocycles. The van der Waals surface area contributed by atoms with Crippen LogP contribution in [0.5, 0.6) is 0 Å². The smallest absolute Gasteiger partial charge is 0.340 e. The number of thioether (sulfide) groups is 1. The lowest BCUT2D eigenvalue weighted by molar-refractivity contribution is 0.0595. The fraction of sp³-hybridized carbons (Fsp3) is 0.462.